The molecule has 39 heavy (non-hydrogen) atoms. The van der Waals surface area contributed by atoms with Gasteiger partial charge in [0.2, 0.25) is 5.91 Å². The van der Waals surface area contributed by atoms with Crippen LogP contribution in [0.25, 0.3) is 22.3 Å². The predicted molar refractivity (Wildman–Crippen MR) is 149 cm³/mol. The summed E-state index contributed by atoms with van der Waals surface area (Å²) in [5.41, 5.74) is 9.49. The summed E-state index contributed by atoms with van der Waals surface area (Å²) in [6.07, 6.45) is 5.44. The summed E-state index contributed by atoms with van der Waals surface area (Å²) in [6, 6.07) is 18.0. The van der Waals surface area contributed by atoms with E-state index < -0.39 is 5.60 Å². The van der Waals surface area contributed by atoms with Crippen LogP contribution in [0.5, 0.6) is 0 Å². The summed E-state index contributed by atoms with van der Waals surface area (Å²) in [7, 11) is 1.80. The van der Waals surface area contributed by atoms with Gasteiger partial charge in [0.05, 0.1) is 24.2 Å². The average molecular weight is 527 g/mol. The molecule has 2 fully saturated rings. The van der Waals surface area contributed by atoms with Crippen LogP contribution in [-0.4, -0.2) is 53.9 Å². The molecule has 0 unspecified atom stereocenters. The van der Waals surface area contributed by atoms with Gasteiger partial charge in [0.25, 0.3) is 5.56 Å². The van der Waals surface area contributed by atoms with Crippen LogP contribution < -0.4 is 11.3 Å². The highest BCUT2D eigenvalue weighted by atomic mass is 16.3. The van der Waals surface area contributed by atoms with Crippen molar-refractivity contribution in [2.24, 2.45) is 12.8 Å². The maximum Gasteiger partial charge on any atom is 0.281 e. The van der Waals surface area contributed by atoms with Crippen molar-refractivity contribution in [3.05, 3.63) is 82.4 Å². The third-order valence-electron chi connectivity index (χ3n) is 8.32. The Morgan fingerprint density at radius 2 is 1.69 bits per heavy atom. The minimum atomic E-state index is -1.09. The molecule has 1 aliphatic heterocycles. The fourth-order valence-corrected chi connectivity index (χ4v) is 5.62. The minimum absolute atomic E-state index is 0.0916. The first-order chi connectivity index (χ1) is 18.7. The Morgan fingerprint density at radius 1 is 1.00 bits per heavy atom. The molecule has 0 radical (unpaired) electrons. The Hall–Kier alpha value is -3.82. The topological polar surface area (TPSA) is 119 Å². The molecule has 3 heterocycles. The Labute approximate surface area is 226 Å². The van der Waals surface area contributed by atoms with Gasteiger partial charge in [0.1, 0.15) is 5.52 Å². The molecule has 9 heteroatoms. The second kappa shape index (κ2) is 9.73. The second-order valence-electron chi connectivity index (χ2n) is 11.2. The number of rotatable bonds is 7. The number of nitrogens with zero attached hydrogens (tertiary/aromatic N) is 5. The lowest BCUT2D eigenvalue weighted by Gasteiger charge is -2.38. The highest BCUT2D eigenvalue weighted by molar-refractivity contribution is 5.89. The molecule has 3 N–H and O–H groups in total. The van der Waals surface area contributed by atoms with Crippen LogP contribution in [0.4, 0.5) is 0 Å². The van der Waals surface area contributed by atoms with E-state index in [0.717, 1.165) is 35.2 Å². The molecule has 1 saturated carbocycles. The summed E-state index contributed by atoms with van der Waals surface area (Å²) in [5.74, 6) is 0.0916. The van der Waals surface area contributed by atoms with Gasteiger partial charge in [-0.15, -0.1) is 0 Å². The molecule has 0 atom stereocenters. The lowest BCUT2D eigenvalue weighted by atomic mass is 9.91. The van der Waals surface area contributed by atoms with Crippen molar-refractivity contribution in [1.29, 1.82) is 0 Å². The van der Waals surface area contributed by atoms with Gasteiger partial charge in [-0.1, -0.05) is 54.6 Å². The van der Waals surface area contributed by atoms with Crippen LogP contribution in [0.3, 0.4) is 0 Å². The van der Waals surface area contributed by atoms with E-state index in [0.29, 0.717) is 44.3 Å². The first-order valence-corrected chi connectivity index (χ1v) is 13.6. The smallest absolute Gasteiger partial charge is 0.281 e. The fourth-order valence-electron chi connectivity index (χ4n) is 5.62. The number of aryl methyl sites for hydroxylation is 2. The normalized spacial score (nSPS) is 17.9. The number of fused-ring (bicyclic) bond motifs is 1. The van der Waals surface area contributed by atoms with Crippen LogP contribution in [0.1, 0.15) is 43.2 Å². The van der Waals surface area contributed by atoms with Crippen molar-refractivity contribution >= 4 is 16.9 Å². The van der Waals surface area contributed by atoms with Crippen LogP contribution in [-0.2, 0) is 30.3 Å². The average Bonchev–Trinajstić information content (AvgIpc) is 3.61. The predicted octanol–water partition coefficient (Wildman–Crippen LogP) is 2.73. The number of piperidine rings is 1. The Bertz CT molecular complexity index is 1560. The Balaban J connectivity index is 1.14. The molecule has 0 bridgehead atoms. The first-order valence-electron chi connectivity index (χ1n) is 13.6. The molecule has 1 amide bonds. The van der Waals surface area contributed by atoms with Gasteiger partial charge in [0, 0.05) is 37.7 Å². The molecule has 2 aromatic carbocycles. The highest BCUT2D eigenvalue weighted by Crippen LogP contribution is 2.43. The highest BCUT2D eigenvalue weighted by Gasteiger charge is 2.40. The van der Waals surface area contributed by atoms with Crippen molar-refractivity contribution in [3.63, 3.8) is 0 Å². The zero-order valence-electron chi connectivity index (χ0n) is 22.2. The Morgan fingerprint density at radius 3 is 2.36 bits per heavy atom. The standard InChI is InChI=1S/C30H34N6O3/c1-34-27(22-8-10-23(11-9-22)30(31)13-14-30)25-26(33-34)28(38)36(20-32-25)19-29(39)15-17-35(18-16-29)24(37)12-7-21-5-3-2-4-6-21/h2-6,8-11,20,39H,7,12-19,31H2,1H3. The van der Waals surface area contributed by atoms with Crippen LogP contribution in [0.15, 0.2) is 65.7 Å². The SMILES string of the molecule is Cn1nc2c(=O)n(CC3(O)CCN(C(=O)CCc4ccccc4)CC3)cnc2c1-c1ccc(C2(N)CC2)cc1. The van der Waals surface area contributed by atoms with Gasteiger partial charge < -0.3 is 15.7 Å². The van der Waals surface area contributed by atoms with Crippen molar-refractivity contribution in [3.8, 4) is 11.3 Å². The zero-order chi connectivity index (χ0) is 27.2. The number of carbonyl (C=O) groups excluding carboxylic acids is 1. The first kappa shape index (κ1) is 25.5. The second-order valence-corrected chi connectivity index (χ2v) is 11.2. The van der Waals surface area contributed by atoms with Gasteiger partial charge >= 0.3 is 0 Å². The number of hydrogen-bond donors (Lipinski definition) is 2. The summed E-state index contributed by atoms with van der Waals surface area (Å²) in [6.45, 7) is 1.03. The molecule has 6 rings (SSSR count). The van der Waals surface area contributed by atoms with E-state index in [1.165, 1.54) is 10.9 Å². The molecule has 4 aromatic rings. The van der Waals surface area contributed by atoms with Crippen LogP contribution in [0, 0.1) is 0 Å². The lowest BCUT2D eigenvalue weighted by Crippen LogP contribution is -2.49. The van der Waals surface area contributed by atoms with Gasteiger partial charge in [-0.05, 0) is 43.2 Å². The van der Waals surface area contributed by atoms with Gasteiger partial charge in [-0.3, -0.25) is 18.8 Å². The molecular weight excluding hydrogens is 492 g/mol. The van der Waals surface area contributed by atoms with E-state index in [4.69, 9.17) is 5.73 Å². The number of aliphatic hydroxyl groups is 1. The molecule has 2 aromatic heterocycles. The number of amides is 1. The number of nitrogens with two attached hydrogens (primary N) is 1. The van der Waals surface area contributed by atoms with Crippen molar-refractivity contribution < 1.29 is 9.90 Å². The largest absolute Gasteiger partial charge is 0.388 e. The van der Waals surface area contributed by atoms with E-state index in [2.05, 4.69) is 10.1 Å². The van der Waals surface area contributed by atoms with E-state index in [-0.39, 0.29) is 29.1 Å². The fraction of sp³-hybridized carbons (Fsp3) is 0.400. The maximum absolute atomic E-state index is 13.4. The molecule has 2 aliphatic rings. The third-order valence-corrected chi connectivity index (χ3v) is 8.32. The number of likely N-dealkylation sites (tertiary alicyclic amines) is 1. The van der Waals surface area contributed by atoms with Crippen LogP contribution in [0.2, 0.25) is 0 Å². The third kappa shape index (κ3) is 4.99. The summed E-state index contributed by atoms with van der Waals surface area (Å²) < 4.78 is 3.13. The molecule has 1 saturated heterocycles. The van der Waals surface area contributed by atoms with E-state index in [1.54, 1.807) is 11.7 Å². The monoisotopic (exact) mass is 526 g/mol. The molecule has 0 spiro atoms. The molecule has 9 nitrogen and oxygen atoms in total. The minimum Gasteiger partial charge on any atom is -0.388 e. The lowest BCUT2D eigenvalue weighted by molar-refractivity contribution is -0.135. The number of carbonyl (C=O) groups is 1. The van der Waals surface area contributed by atoms with Gasteiger partial charge in [0.15, 0.2) is 5.52 Å². The summed E-state index contributed by atoms with van der Waals surface area (Å²) in [4.78, 5) is 32.5. The number of aromatic nitrogens is 4. The van der Waals surface area contributed by atoms with Crippen molar-refractivity contribution in [2.75, 3.05) is 13.1 Å². The van der Waals surface area contributed by atoms with Crippen LogP contribution >= 0.6 is 0 Å². The number of benzene rings is 2. The molecule has 1 aliphatic carbocycles. The summed E-state index contributed by atoms with van der Waals surface area (Å²) in [5, 5.41) is 15.8. The van der Waals surface area contributed by atoms with Gasteiger partial charge in [-0.25, -0.2) is 4.98 Å². The van der Waals surface area contributed by atoms with E-state index >= 15 is 0 Å². The maximum atomic E-state index is 13.4. The van der Waals surface area contributed by atoms with Crippen molar-refractivity contribution in [2.45, 2.75) is 56.2 Å². The van der Waals surface area contributed by atoms with Gasteiger partial charge in [-0.2, -0.15) is 5.10 Å². The molecule has 202 valence electrons. The number of hydrogen-bond acceptors (Lipinski definition) is 6. The van der Waals surface area contributed by atoms with E-state index in [1.807, 2.05) is 59.5 Å². The van der Waals surface area contributed by atoms with E-state index in [9.17, 15) is 14.7 Å². The quantitative estimate of drug-likeness (QED) is 0.382. The van der Waals surface area contributed by atoms with Crippen molar-refractivity contribution in [1.82, 2.24) is 24.2 Å². The zero-order valence-corrected chi connectivity index (χ0v) is 22.2. The Kier molecular flexibility index (Phi) is 6.35. The summed E-state index contributed by atoms with van der Waals surface area (Å²) >= 11 is 0. The molecular formula is C30H34N6O3.